The van der Waals surface area contributed by atoms with Crippen molar-refractivity contribution in [3.8, 4) is 5.75 Å². The minimum atomic E-state index is -0.993. The number of pyridine rings is 1. The number of hydrogen-bond acceptors (Lipinski definition) is 7. The van der Waals surface area contributed by atoms with E-state index < -0.39 is 5.97 Å². The first-order chi connectivity index (χ1) is 20.4. The molecule has 3 aliphatic rings. The smallest absolute Gasteiger partial charge is 0.341 e. The molecule has 228 valence electrons. The lowest BCUT2D eigenvalue weighted by atomic mass is 9.99. The summed E-state index contributed by atoms with van der Waals surface area (Å²) in [4.78, 5) is 37.2. The van der Waals surface area contributed by atoms with Crippen LogP contribution >= 0.6 is 11.8 Å². The molecule has 1 unspecified atom stereocenters. The predicted octanol–water partition coefficient (Wildman–Crippen LogP) is 5.44. The summed E-state index contributed by atoms with van der Waals surface area (Å²) in [5.74, 6) is -0.458. The summed E-state index contributed by atoms with van der Waals surface area (Å²) in [6.45, 7) is 9.19. The molecule has 5 rings (SSSR count). The molecule has 4 heterocycles. The van der Waals surface area contributed by atoms with E-state index in [9.17, 15) is 9.59 Å². The number of aromatic nitrogens is 1. The number of likely N-dealkylation sites (tertiary alicyclic amines) is 1. The molecular formula is C32H44N4O5S. The summed E-state index contributed by atoms with van der Waals surface area (Å²) in [5.41, 5.74) is 2.27. The molecule has 0 radical (unpaired) electrons. The van der Waals surface area contributed by atoms with Crippen LogP contribution < -0.4 is 4.74 Å². The zero-order chi connectivity index (χ0) is 29.5. The fourth-order valence-electron chi connectivity index (χ4n) is 6.38. The van der Waals surface area contributed by atoms with Crippen LogP contribution in [-0.2, 0) is 16.1 Å². The van der Waals surface area contributed by atoms with Gasteiger partial charge in [0, 0.05) is 62.1 Å². The number of unbranched alkanes of at least 4 members (excludes halogenated alkanes) is 1. The third kappa shape index (κ3) is 7.76. The van der Waals surface area contributed by atoms with Gasteiger partial charge in [-0.2, -0.15) is 0 Å². The van der Waals surface area contributed by atoms with Crippen LogP contribution in [0.4, 0.5) is 4.79 Å². The zero-order valence-corrected chi connectivity index (χ0v) is 25.7. The molecule has 3 aliphatic heterocycles. The molecule has 3 fully saturated rings. The number of rotatable bonds is 12. The number of carbonyl (C=O) groups excluding carboxylic acids is 1. The second kappa shape index (κ2) is 14.6. The lowest BCUT2D eigenvalue weighted by Crippen LogP contribution is -2.50. The highest BCUT2D eigenvalue weighted by Gasteiger charge is 2.44. The molecule has 0 aliphatic carbocycles. The number of ether oxygens (including phenoxy) is 2. The van der Waals surface area contributed by atoms with Crippen molar-refractivity contribution >= 4 is 23.8 Å². The molecule has 1 atom stereocenters. The Balaban J connectivity index is 1.14. The Morgan fingerprint density at radius 2 is 1.81 bits per heavy atom. The highest BCUT2D eigenvalue weighted by atomic mass is 32.2. The number of amides is 2. The lowest BCUT2D eigenvalue weighted by molar-refractivity contribution is -0.139. The van der Waals surface area contributed by atoms with Gasteiger partial charge in [0.1, 0.15) is 10.8 Å². The number of urea groups is 1. The maximum absolute atomic E-state index is 13.7. The lowest BCUT2D eigenvalue weighted by Gasteiger charge is -2.39. The van der Waals surface area contributed by atoms with Crippen molar-refractivity contribution in [3.05, 3.63) is 47.7 Å². The van der Waals surface area contributed by atoms with Crippen molar-refractivity contribution in [2.24, 2.45) is 0 Å². The number of aliphatic carboxylic acids is 1. The summed E-state index contributed by atoms with van der Waals surface area (Å²) in [7, 11) is 0. The summed E-state index contributed by atoms with van der Waals surface area (Å²) in [5, 5.41) is 9.69. The maximum Gasteiger partial charge on any atom is 0.341 e. The predicted molar refractivity (Wildman–Crippen MR) is 162 cm³/mol. The van der Waals surface area contributed by atoms with Crippen LogP contribution in [0.25, 0.3) is 0 Å². The number of carboxylic acid groups (broad SMARTS) is 1. The summed E-state index contributed by atoms with van der Waals surface area (Å²) < 4.78 is 10.8. The zero-order valence-electron chi connectivity index (χ0n) is 24.9. The van der Waals surface area contributed by atoms with E-state index in [1.54, 1.807) is 23.9 Å². The van der Waals surface area contributed by atoms with Crippen molar-refractivity contribution in [2.45, 2.75) is 93.4 Å². The van der Waals surface area contributed by atoms with E-state index in [4.69, 9.17) is 19.6 Å². The summed E-state index contributed by atoms with van der Waals surface area (Å²) in [6.07, 6.45) is 7.38. The van der Waals surface area contributed by atoms with Crippen molar-refractivity contribution in [1.82, 2.24) is 19.7 Å². The van der Waals surface area contributed by atoms with E-state index in [0.717, 1.165) is 93.5 Å². The first kappa shape index (κ1) is 30.6. The van der Waals surface area contributed by atoms with Gasteiger partial charge in [-0.25, -0.2) is 14.6 Å². The van der Waals surface area contributed by atoms with Crippen LogP contribution in [0.1, 0.15) is 63.1 Å². The van der Waals surface area contributed by atoms with E-state index in [2.05, 4.69) is 40.7 Å². The maximum atomic E-state index is 13.7. The number of aryl methyl sites for hydroxylation is 1. The molecule has 1 aromatic heterocycles. The van der Waals surface area contributed by atoms with Gasteiger partial charge in [-0.3, -0.25) is 4.90 Å². The average Bonchev–Trinajstić information content (AvgIpc) is 3.33. The van der Waals surface area contributed by atoms with Gasteiger partial charge in [0.15, 0.2) is 6.61 Å². The molecule has 1 aromatic carbocycles. The minimum absolute atomic E-state index is 0.261. The fraction of sp³-hybridized carbons (Fsp3) is 0.594. The van der Waals surface area contributed by atoms with Crippen LogP contribution in [0.5, 0.6) is 5.75 Å². The van der Waals surface area contributed by atoms with Gasteiger partial charge in [-0.1, -0.05) is 37.6 Å². The number of carboxylic acids is 1. The Labute approximate surface area is 253 Å². The Hall–Kier alpha value is -2.82. The topological polar surface area (TPSA) is 95.4 Å². The molecule has 0 bridgehead atoms. The molecule has 1 N–H and O–H groups in total. The average molecular weight is 597 g/mol. The Morgan fingerprint density at radius 3 is 2.48 bits per heavy atom. The van der Waals surface area contributed by atoms with E-state index >= 15 is 0 Å². The van der Waals surface area contributed by atoms with E-state index in [0.29, 0.717) is 23.9 Å². The molecule has 3 saturated heterocycles. The van der Waals surface area contributed by atoms with Gasteiger partial charge in [0.05, 0.1) is 6.04 Å². The first-order valence-corrected chi connectivity index (χ1v) is 16.2. The first-order valence-electron chi connectivity index (χ1n) is 15.4. The van der Waals surface area contributed by atoms with Crippen molar-refractivity contribution < 1.29 is 24.2 Å². The molecular weight excluding hydrogens is 552 g/mol. The van der Waals surface area contributed by atoms with Crippen LogP contribution in [0, 0.1) is 6.92 Å². The number of nitrogens with zero attached hydrogens (tertiary/aromatic N) is 4. The van der Waals surface area contributed by atoms with Gasteiger partial charge in [0.25, 0.3) is 0 Å². The van der Waals surface area contributed by atoms with Gasteiger partial charge >= 0.3 is 12.0 Å². The van der Waals surface area contributed by atoms with E-state index in [-0.39, 0.29) is 12.6 Å². The monoisotopic (exact) mass is 596 g/mol. The number of piperidine rings is 1. The van der Waals surface area contributed by atoms with E-state index in [1.807, 2.05) is 12.1 Å². The Kier molecular flexibility index (Phi) is 10.6. The van der Waals surface area contributed by atoms with Gasteiger partial charge in [-0.15, -0.1) is 0 Å². The van der Waals surface area contributed by atoms with Crippen LogP contribution in [0.15, 0.2) is 46.3 Å². The molecule has 9 nitrogen and oxygen atoms in total. The number of hydrogen-bond donors (Lipinski definition) is 1. The minimum Gasteiger partial charge on any atom is -0.482 e. The normalized spacial score (nSPS) is 20.8. The van der Waals surface area contributed by atoms with Crippen LogP contribution in [-0.4, -0.2) is 94.4 Å². The highest BCUT2D eigenvalue weighted by Crippen LogP contribution is 2.32. The van der Waals surface area contributed by atoms with Gasteiger partial charge in [0.2, 0.25) is 0 Å². The Morgan fingerprint density at radius 1 is 1.07 bits per heavy atom. The number of benzene rings is 1. The molecule has 0 saturated carbocycles. The third-order valence-electron chi connectivity index (χ3n) is 8.71. The SMILES string of the molecule is CCCCC1CN(C2CCOCC2)C(=O)N1C1CCN(Cc2ccc(Sc3ccc(OCC(=O)O)cc3)nc2C)CC1. The van der Waals surface area contributed by atoms with Crippen molar-refractivity contribution in [2.75, 3.05) is 39.5 Å². The number of carbonyl (C=O) groups is 2. The van der Waals surface area contributed by atoms with Gasteiger partial charge in [-0.05, 0) is 74.9 Å². The summed E-state index contributed by atoms with van der Waals surface area (Å²) >= 11 is 1.58. The molecule has 42 heavy (non-hydrogen) atoms. The van der Waals surface area contributed by atoms with Crippen molar-refractivity contribution in [1.29, 1.82) is 0 Å². The van der Waals surface area contributed by atoms with Crippen LogP contribution in [0.2, 0.25) is 0 Å². The second-order valence-corrected chi connectivity index (χ2v) is 12.7. The molecule has 0 spiro atoms. The third-order valence-corrected chi connectivity index (χ3v) is 9.66. The fourth-order valence-corrected chi connectivity index (χ4v) is 7.21. The second-order valence-electron chi connectivity index (χ2n) is 11.6. The molecule has 2 aromatic rings. The molecule has 2 amide bonds. The largest absolute Gasteiger partial charge is 0.482 e. The standard InChI is InChI=1S/C32H44N4O5S/c1-3-4-5-27-21-35(25-14-18-40-19-15-25)32(39)36(27)26-12-16-34(17-13-26)20-24-6-11-30(33-23(24)2)42-29-9-7-28(8-10-29)41-22-31(37)38/h6-11,25-27H,3-5,12-22H2,1-2H3,(H,37,38). The molecule has 10 heteroatoms. The van der Waals surface area contributed by atoms with Crippen LogP contribution in [0.3, 0.4) is 0 Å². The summed E-state index contributed by atoms with van der Waals surface area (Å²) in [6, 6.07) is 12.9. The highest BCUT2D eigenvalue weighted by molar-refractivity contribution is 7.99. The van der Waals surface area contributed by atoms with Crippen molar-refractivity contribution in [3.63, 3.8) is 0 Å². The Bertz CT molecular complexity index is 1200. The quantitative estimate of drug-likeness (QED) is 0.346. The van der Waals surface area contributed by atoms with Gasteiger partial charge < -0.3 is 24.4 Å². The van der Waals surface area contributed by atoms with E-state index in [1.165, 1.54) is 12.0 Å².